The Bertz CT molecular complexity index is 877. The van der Waals surface area contributed by atoms with E-state index in [0.717, 1.165) is 11.8 Å². The molecule has 1 fully saturated rings. The van der Waals surface area contributed by atoms with Crippen molar-refractivity contribution in [2.75, 3.05) is 32.6 Å². The largest absolute Gasteiger partial charge is 0.463 e. The Morgan fingerprint density at radius 1 is 1.30 bits per heavy atom. The van der Waals surface area contributed by atoms with Gasteiger partial charge in [-0.05, 0) is 12.5 Å². The molecule has 0 spiro atoms. The van der Waals surface area contributed by atoms with E-state index in [2.05, 4.69) is 0 Å². The minimum atomic E-state index is -3.79. The van der Waals surface area contributed by atoms with E-state index >= 15 is 0 Å². The van der Waals surface area contributed by atoms with Crippen LogP contribution >= 0.6 is 0 Å². The van der Waals surface area contributed by atoms with Gasteiger partial charge in [0, 0.05) is 6.08 Å². The van der Waals surface area contributed by atoms with E-state index in [1.807, 2.05) is 30.3 Å². The average Bonchev–Trinajstić information content (AvgIpc) is 3.01. The van der Waals surface area contributed by atoms with Crippen molar-refractivity contribution in [2.24, 2.45) is 0 Å². The van der Waals surface area contributed by atoms with Crippen molar-refractivity contribution in [3.05, 3.63) is 53.6 Å². The topological polar surface area (TPSA) is 108 Å². The van der Waals surface area contributed by atoms with Crippen LogP contribution in [0.4, 0.5) is 0 Å². The van der Waals surface area contributed by atoms with Gasteiger partial charge in [-0.3, -0.25) is 9.02 Å². The van der Waals surface area contributed by atoms with Gasteiger partial charge in [-0.25, -0.2) is 9.59 Å². The third-order valence-electron chi connectivity index (χ3n) is 4.08. The second-order valence-electron chi connectivity index (χ2n) is 6.41. The smallest absolute Gasteiger partial charge is 0.330 e. The quantitative estimate of drug-likeness (QED) is 0.164. The third-order valence-corrected chi connectivity index (χ3v) is 4.66. The van der Waals surface area contributed by atoms with Crippen LogP contribution in [0, 0.1) is 0 Å². The summed E-state index contributed by atoms with van der Waals surface area (Å²) in [6, 6.07) is 8.68. The van der Waals surface area contributed by atoms with Gasteiger partial charge in [0.2, 0.25) is 0 Å². The summed E-state index contributed by atoms with van der Waals surface area (Å²) in [7, 11) is -3.79. The number of esters is 1. The van der Waals surface area contributed by atoms with Crippen LogP contribution in [0.2, 0.25) is 0 Å². The zero-order valence-electron chi connectivity index (χ0n) is 16.9. The van der Waals surface area contributed by atoms with E-state index in [9.17, 15) is 18.0 Å². The molecule has 0 bridgehead atoms. The van der Waals surface area contributed by atoms with Gasteiger partial charge in [0.05, 0.1) is 50.8 Å². The zero-order valence-corrected chi connectivity index (χ0v) is 17.7. The van der Waals surface area contributed by atoms with Crippen LogP contribution in [-0.4, -0.2) is 70.2 Å². The molecule has 0 radical (unpaired) electrons. The lowest BCUT2D eigenvalue weighted by Gasteiger charge is -2.23. The molecule has 1 aliphatic rings. The molecule has 9 nitrogen and oxygen atoms in total. The second kappa shape index (κ2) is 11.8. The fraction of sp³-hybridized carbons (Fsp3) is 0.450. The van der Waals surface area contributed by atoms with Crippen molar-refractivity contribution in [1.29, 1.82) is 0 Å². The van der Waals surface area contributed by atoms with Crippen LogP contribution in [0.15, 0.2) is 48.1 Å². The Hall–Kier alpha value is -2.33. The molecule has 2 atom stereocenters. The summed E-state index contributed by atoms with van der Waals surface area (Å²) in [6.07, 6.45) is 2.62. The van der Waals surface area contributed by atoms with Crippen molar-refractivity contribution in [2.45, 2.75) is 25.7 Å². The number of carbonyl (C=O) groups excluding carboxylic acids is 2. The lowest BCUT2D eigenvalue weighted by Crippen LogP contribution is -2.34. The van der Waals surface area contributed by atoms with Crippen LogP contribution in [0.1, 0.15) is 12.5 Å². The van der Waals surface area contributed by atoms with Crippen molar-refractivity contribution in [3.8, 4) is 0 Å². The van der Waals surface area contributed by atoms with E-state index in [1.54, 1.807) is 12.9 Å². The fourth-order valence-electron chi connectivity index (χ4n) is 2.82. The Morgan fingerprint density at radius 3 is 2.67 bits per heavy atom. The molecule has 0 aliphatic carbocycles. The molecule has 1 saturated heterocycles. The molecule has 0 amide bonds. The summed E-state index contributed by atoms with van der Waals surface area (Å²) in [5.74, 6) is 1.29. The third kappa shape index (κ3) is 7.83. The number of hydrogen-bond acceptors (Lipinski definition) is 9. The zero-order chi connectivity index (χ0) is 22.0. The summed E-state index contributed by atoms with van der Waals surface area (Å²) in [4.78, 5) is 28.6. The van der Waals surface area contributed by atoms with E-state index in [4.69, 9.17) is 18.5 Å². The minimum absolute atomic E-state index is 0.0101. The molecule has 0 unspecified atom stereocenters. The normalized spacial score (nSPS) is 19.9. The molecular weight excluding hydrogens is 414 g/mol. The molecule has 164 valence electrons. The molecule has 10 heteroatoms. The standard InChI is InChI=1S/C20H25NO8S/c1-3-27-20(23)10-7-11-26-15-18-17(13-22)19(29-30(2,24)25)12-21(18)28-14-16-8-5-4-6-9-16/h4-10,18-19H,3,11-12,14-15H2,1-2H3/t18-,19+/m1/s1. The highest BCUT2D eigenvalue weighted by molar-refractivity contribution is 7.86. The molecular formula is C20H25NO8S. The SMILES string of the molecule is CCOC(=O)C=CCOC[C@@H]1C(=C=O)[C@@H](OS(C)(=O)=O)CN1OCc1ccccc1. The average molecular weight is 439 g/mol. The van der Waals surface area contributed by atoms with Crippen LogP contribution in [-0.2, 0) is 44.8 Å². The summed E-state index contributed by atoms with van der Waals surface area (Å²) in [6.45, 7) is 2.32. The highest BCUT2D eigenvalue weighted by Gasteiger charge is 2.41. The van der Waals surface area contributed by atoms with E-state index < -0.39 is 28.2 Å². The van der Waals surface area contributed by atoms with Crippen molar-refractivity contribution >= 4 is 22.0 Å². The maximum Gasteiger partial charge on any atom is 0.330 e. The van der Waals surface area contributed by atoms with Gasteiger partial charge < -0.3 is 9.47 Å². The minimum Gasteiger partial charge on any atom is -0.463 e. The molecule has 2 rings (SSSR count). The Balaban J connectivity index is 2.03. The number of carbonyl (C=O) groups is 1. The summed E-state index contributed by atoms with van der Waals surface area (Å²) in [5.41, 5.74) is 0.988. The number of benzene rings is 1. The summed E-state index contributed by atoms with van der Waals surface area (Å²) in [5, 5.41) is 1.46. The maximum absolute atomic E-state index is 11.5. The lowest BCUT2D eigenvalue weighted by molar-refractivity contribution is -0.186. The maximum atomic E-state index is 11.5. The van der Waals surface area contributed by atoms with Crippen molar-refractivity contribution in [3.63, 3.8) is 0 Å². The predicted octanol–water partition coefficient (Wildman–Crippen LogP) is 1.04. The highest BCUT2D eigenvalue weighted by atomic mass is 32.2. The second-order valence-corrected chi connectivity index (χ2v) is 8.01. The van der Waals surface area contributed by atoms with Crippen molar-refractivity contribution in [1.82, 2.24) is 5.06 Å². The molecule has 30 heavy (non-hydrogen) atoms. The first-order valence-corrected chi connectivity index (χ1v) is 11.1. The van der Waals surface area contributed by atoms with E-state index in [-0.39, 0.29) is 38.5 Å². The molecule has 1 heterocycles. The summed E-state index contributed by atoms with van der Waals surface area (Å²) >= 11 is 0. The van der Waals surface area contributed by atoms with Gasteiger partial charge >= 0.3 is 5.97 Å². The number of rotatable bonds is 11. The Kier molecular flexibility index (Phi) is 9.38. The number of nitrogens with zero attached hydrogens (tertiary/aromatic N) is 1. The van der Waals surface area contributed by atoms with Gasteiger partial charge in [0.15, 0.2) is 0 Å². The predicted molar refractivity (Wildman–Crippen MR) is 107 cm³/mol. The molecule has 0 saturated carbocycles. The monoisotopic (exact) mass is 439 g/mol. The first kappa shape index (κ1) is 23.9. The highest BCUT2D eigenvalue weighted by Crippen LogP contribution is 2.27. The molecule has 0 N–H and O–H groups in total. The first-order chi connectivity index (χ1) is 14.3. The van der Waals surface area contributed by atoms with Crippen LogP contribution in [0.5, 0.6) is 0 Å². The van der Waals surface area contributed by atoms with Gasteiger partial charge in [-0.1, -0.05) is 36.4 Å². The Labute approximate surface area is 175 Å². The number of ether oxygens (including phenoxy) is 2. The van der Waals surface area contributed by atoms with Gasteiger partial charge in [0.25, 0.3) is 10.1 Å². The Morgan fingerprint density at radius 2 is 2.03 bits per heavy atom. The van der Waals surface area contributed by atoms with Gasteiger partial charge in [-0.15, -0.1) is 0 Å². The fourth-order valence-corrected chi connectivity index (χ4v) is 3.40. The van der Waals surface area contributed by atoms with Crippen LogP contribution in [0.3, 0.4) is 0 Å². The lowest BCUT2D eigenvalue weighted by atomic mass is 10.1. The van der Waals surface area contributed by atoms with Crippen LogP contribution < -0.4 is 0 Å². The number of hydrogen-bond donors (Lipinski definition) is 0. The van der Waals surface area contributed by atoms with Crippen molar-refractivity contribution < 1.29 is 36.5 Å². The molecule has 1 aliphatic heterocycles. The van der Waals surface area contributed by atoms with Gasteiger partial charge in [0.1, 0.15) is 12.0 Å². The molecule has 1 aromatic carbocycles. The van der Waals surface area contributed by atoms with Crippen LogP contribution in [0.25, 0.3) is 0 Å². The molecule has 0 aromatic heterocycles. The molecule has 1 aromatic rings. The van der Waals surface area contributed by atoms with E-state index in [0.29, 0.717) is 0 Å². The van der Waals surface area contributed by atoms with E-state index in [1.165, 1.54) is 17.2 Å². The summed E-state index contributed by atoms with van der Waals surface area (Å²) < 4.78 is 38.4. The first-order valence-electron chi connectivity index (χ1n) is 9.31. The number of hydroxylamine groups is 2. The van der Waals surface area contributed by atoms with Gasteiger partial charge in [-0.2, -0.15) is 13.5 Å².